The number of halogens is 3. The van der Waals surface area contributed by atoms with E-state index in [4.69, 9.17) is 28.2 Å². The fourth-order valence-electron chi connectivity index (χ4n) is 3.66. The lowest BCUT2D eigenvalue weighted by atomic mass is 10.1. The minimum Gasteiger partial charge on any atom is -0.497 e. The number of carbonyl (C=O) groups is 2. The summed E-state index contributed by atoms with van der Waals surface area (Å²) in [6.45, 7) is 13.3. The lowest BCUT2D eigenvalue weighted by Gasteiger charge is -2.26. The third-order valence-electron chi connectivity index (χ3n) is 5.75. The van der Waals surface area contributed by atoms with Crippen molar-refractivity contribution >= 4 is 17.8 Å². The van der Waals surface area contributed by atoms with Crippen LogP contribution in [0.15, 0.2) is 53.1 Å². The van der Waals surface area contributed by atoms with Crippen LogP contribution in [-0.4, -0.2) is 40.6 Å². The standard InChI is InChI=1S/C32H37F3N2O8/c1-19(17-37(28(38)43-30(3,4)5)45-29(39)44-31(6,7)8)22-14-24(40-9)16-25(15-22)41-18-26-20(2)42-27(36-26)21-10-12-23(13-11-21)32(33,34)35/h10-17H,18H2,1-9H3/b19-17+. The molecule has 13 heteroatoms. The lowest BCUT2D eigenvalue weighted by Crippen LogP contribution is -2.37. The maximum atomic E-state index is 12.9. The Balaban J connectivity index is 1.84. The molecule has 0 saturated carbocycles. The average Bonchev–Trinajstić information content (AvgIpc) is 3.29. The molecule has 0 atom stereocenters. The molecular weight excluding hydrogens is 597 g/mol. The monoisotopic (exact) mass is 634 g/mol. The normalized spacial score (nSPS) is 12.4. The van der Waals surface area contributed by atoms with Crippen LogP contribution in [0.5, 0.6) is 11.5 Å². The minimum atomic E-state index is -4.45. The predicted octanol–water partition coefficient (Wildman–Crippen LogP) is 8.72. The number of nitrogens with zero attached hydrogens (tertiary/aromatic N) is 2. The predicted molar refractivity (Wildman–Crippen MR) is 158 cm³/mol. The van der Waals surface area contributed by atoms with Crippen LogP contribution < -0.4 is 9.47 Å². The molecule has 1 amide bonds. The molecule has 3 rings (SSSR count). The molecule has 0 spiro atoms. The van der Waals surface area contributed by atoms with Crippen molar-refractivity contribution in [3.05, 3.63) is 71.2 Å². The highest BCUT2D eigenvalue weighted by Gasteiger charge is 2.30. The second-order valence-corrected chi connectivity index (χ2v) is 12.0. The maximum Gasteiger partial charge on any atom is 0.534 e. The fraction of sp³-hybridized carbons (Fsp3) is 0.406. The Morgan fingerprint density at radius 3 is 2.09 bits per heavy atom. The van der Waals surface area contributed by atoms with E-state index in [-0.39, 0.29) is 12.5 Å². The summed E-state index contributed by atoms with van der Waals surface area (Å²) in [5.41, 5.74) is -0.690. The average molecular weight is 635 g/mol. The van der Waals surface area contributed by atoms with Gasteiger partial charge in [-0.05, 0) is 103 Å². The molecule has 0 bridgehead atoms. The molecule has 0 N–H and O–H groups in total. The third-order valence-corrected chi connectivity index (χ3v) is 5.75. The largest absolute Gasteiger partial charge is 0.534 e. The van der Waals surface area contributed by atoms with Crippen LogP contribution in [0.25, 0.3) is 17.0 Å². The van der Waals surface area contributed by atoms with E-state index < -0.39 is 35.2 Å². The summed E-state index contributed by atoms with van der Waals surface area (Å²) in [6.07, 6.45) is -5.23. The van der Waals surface area contributed by atoms with Gasteiger partial charge in [-0.2, -0.15) is 13.2 Å². The zero-order chi connectivity index (χ0) is 33.7. The van der Waals surface area contributed by atoms with Crippen molar-refractivity contribution in [3.8, 4) is 23.0 Å². The number of hydrogen-bond donors (Lipinski definition) is 0. The summed E-state index contributed by atoms with van der Waals surface area (Å²) in [5.74, 6) is 1.37. The first kappa shape index (κ1) is 34.8. The van der Waals surface area contributed by atoms with Crippen molar-refractivity contribution in [2.75, 3.05) is 7.11 Å². The number of hydrogen-bond acceptors (Lipinski definition) is 9. The van der Waals surface area contributed by atoms with Gasteiger partial charge < -0.3 is 23.4 Å². The molecule has 3 aromatic rings. The number of rotatable bonds is 7. The Morgan fingerprint density at radius 2 is 1.53 bits per heavy atom. The SMILES string of the molecule is COc1cc(OCc2nc(-c3ccc(C(F)(F)F)cc3)oc2C)cc(/C(C)=C/N(OC(=O)OC(C)(C)C)C(=O)OC(C)(C)C)c1. The lowest BCUT2D eigenvalue weighted by molar-refractivity contribution is -0.137. The van der Waals surface area contributed by atoms with Gasteiger partial charge in [-0.25, -0.2) is 14.6 Å². The molecule has 45 heavy (non-hydrogen) atoms. The first-order chi connectivity index (χ1) is 20.7. The van der Waals surface area contributed by atoms with E-state index in [9.17, 15) is 22.8 Å². The molecule has 2 aromatic carbocycles. The van der Waals surface area contributed by atoms with Crippen molar-refractivity contribution in [2.24, 2.45) is 0 Å². The number of methoxy groups -OCH3 is 1. The number of aryl methyl sites for hydroxylation is 1. The molecule has 0 fully saturated rings. The highest BCUT2D eigenvalue weighted by atomic mass is 19.4. The second-order valence-electron chi connectivity index (χ2n) is 12.0. The topological polar surface area (TPSA) is 110 Å². The zero-order valence-electron chi connectivity index (χ0n) is 26.6. The first-order valence-corrected chi connectivity index (χ1v) is 13.8. The number of hydroxylamine groups is 2. The van der Waals surface area contributed by atoms with Gasteiger partial charge >= 0.3 is 18.4 Å². The van der Waals surface area contributed by atoms with Gasteiger partial charge in [0.25, 0.3) is 0 Å². The molecule has 0 saturated heterocycles. The quantitative estimate of drug-likeness (QED) is 0.186. The third kappa shape index (κ3) is 10.5. The minimum absolute atomic E-state index is 0.0306. The van der Waals surface area contributed by atoms with E-state index in [0.29, 0.717) is 44.7 Å². The van der Waals surface area contributed by atoms with Crippen LogP contribution >= 0.6 is 0 Å². The Hall–Kier alpha value is -4.68. The Morgan fingerprint density at radius 1 is 0.933 bits per heavy atom. The van der Waals surface area contributed by atoms with Gasteiger partial charge in [0.05, 0.1) is 18.9 Å². The van der Waals surface area contributed by atoms with Crippen LogP contribution in [0.1, 0.15) is 71.0 Å². The highest BCUT2D eigenvalue weighted by Crippen LogP contribution is 2.32. The van der Waals surface area contributed by atoms with Crippen LogP contribution in [0, 0.1) is 6.92 Å². The molecule has 0 aliphatic rings. The summed E-state index contributed by atoms with van der Waals surface area (Å²) in [6, 6.07) is 9.48. The smallest absolute Gasteiger partial charge is 0.497 e. The number of ether oxygens (including phenoxy) is 4. The van der Waals surface area contributed by atoms with Crippen molar-refractivity contribution < 1.29 is 51.0 Å². The molecule has 244 valence electrons. The fourth-order valence-corrected chi connectivity index (χ4v) is 3.66. The van der Waals surface area contributed by atoms with E-state index in [1.54, 1.807) is 73.6 Å². The highest BCUT2D eigenvalue weighted by molar-refractivity contribution is 5.75. The van der Waals surface area contributed by atoms with Crippen molar-refractivity contribution in [1.29, 1.82) is 0 Å². The van der Waals surface area contributed by atoms with Crippen molar-refractivity contribution in [3.63, 3.8) is 0 Å². The maximum absolute atomic E-state index is 12.9. The summed E-state index contributed by atoms with van der Waals surface area (Å²) in [7, 11) is 1.47. The Kier molecular flexibility index (Phi) is 10.5. The van der Waals surface area contributed by atoms with Gasteiger partial charge in [-0.15, -0.1) is 5.06 Å². The summed E-state index contributed by atoms with van der Waals surface area (Å²) < 4.78 is 66.4. The van der Waals surface area contributed by atoms with Crippen molar-refractivity contribution in [1.82, 2.24) is 10.0 Å². The summed E-state index contributed by atoms with van der Waals surface area (Å²) in [4.78, 5) is 34.8. The number of carbonyl (C=O) groups excluding carboxylic acids is 2. The Labute approximate surface area is 259 Å². The van der Waals surface area contributed by atoms with Crippen LogP contribution in [0.4, 0.5) is 22.8 Å². The summed E-state index contributed by atoms with van der Waals surface area (Å²) >= 11 is 0. The number of alkyl halides is 3. The van der Waals surface area contributed by atoms with Crippen molar-refractivity contribution in [2.45, 2.75) is 79.4 Å². The molecule has 1 heterocycles. The van der Waals surface area contributed by atoms with Gasteiger partial charge in [-0.1, -0.05) is 0 Å². The molecule has 1 aromatic heterocycles. The molecule has 10 nitrogen and oxygen atoms in total. The molecular formula is C32H37F3N2O8. The van der Waals surface area contributed by atoms with Gasteiger partial charge in [0.2, 0.25) is 5.89 Å². The van der Waals surface area contributed by atoms with Gasteiger partial charge in [-0.3, -0.25) is 4.84 Å². The van der Waals surface area contributed by atoms with E-state index in [1.807, 2.05) is 0 Å². The zero-order valence-corrected chi connectivity index (χ0v) is 26.6. The van der Waals surface area contributed by atoms with E-state index in [2.05, 4.69) is 4.98 Å². The number of aromatic nitrogens is 1. The van der Waals surface area contributed by atoms with Gasteiger partial charge in [0.15, 0.2) is 0 Å². The molecule has 0 radical (unpaired) electrons. The van der Waals surface area contributed by atoms with Crippen LogP contribution in [0.2, 0.25) is 0 Å². The van der Waals surface area contributed by atoms with E-state index in [1.165, 1.54) is 25.4 Å². The van der Waals surface area contributed by atoms with Crippen LogP contribution in [0.3, 0.4) is 0 Å². The summed E-state index contributed by atoms with van der Waals surface area (Å²) in [5, 5.41) is 0.649. The molecule has 0 unspecified atom stereocenters. The number of allylic oxidation sites excluding steroid dienone is 1. The van der Waals surface area contributed by atoms with Gasteiger partial charge in [0, 0.05) is 11.6 Å². The molecule has 0 aliphatic carbocycles. The number of oxazole rings is 1. The molecule has 0 aliphatic heterocycles. The number of benzene rings is 2. The van der Waals surface area contributed by atoms with Crippen LogP contribution in [-0.2, 0) is 27.1 Å². The van der Waals surface area contributed by atoms with Gasteiger partial charge in [0.1, 0.15) is 40.8 Å². The van der Waals surface area contributed by atoms with E-state index >= 15 is 0 Å². The Bertz CT molecular complexity index is 1530. The number of amides is 1. The van der Waals surface area contributed by atoms with E-state index in [0.717, 1.165) is 12.1 Å². The first-order valence-electron chi connectivity index (χ1n) is 13.8. The second kappa shape index (κ2) is 13.5.